The molecule has 0 fully saturated rings. The average molecular weight is 323 g/mol. The molecule has 0 bridgehead atoms. The number of pyridine rings is 1. The Kier molecular flexibility index (Phi) is 4.62. The van der Waals surface area contributed by atoms with Gasteiger partial charge in [-0.15, -0.1) is 10.2 Å². The molecule has 7 nitrogen and oxygen atoms in total. The zero-order valence-corrected chi connectivity index (χ0v) is 13.4. The highest BCUT2D eigenvalue weighted by Crippen LogP contribution is 2.26. The number of hydrogen-bond acceptors (Lipinski definition) is 5. The van der Waals surface area contributed by atoms with Gasteiger partial charge in [0, 0.05) is 17.7 Å². The number of benzene rings is 1. The zero-order valence-electron chi connectivity index (χ0n) is 13.4. The lowest BCUT2D eigenvalue weighted by atomic mass is 10.2. The van der Waals surface area contributed by atoms with Crippen LogP contribution in [0.1, 0.15) is 11.1 Å². The van der Waals surface area contributed by atoms with Crippen molar-refractivity contribution in [2.75, 3.05) is 5.73 Å². The lowest BCUT2D eigenvalue weighted by Gasteiger charge is -2.03. The van der Waals surface area contributed by atoms with E-state index in [9.17, 15) is 5.11 Å². The molecule has 3 rings (SSSR count). The minimum Gasteiger partial charge on any atom is -0.392 e. The summed E-state index contributed by atoms with van der Waals surface area (Å²) in [5.41, 5.74) is 9.03. The van der Waals surface area contributed by atoms with Gasteiger partial charge in [-0.3, -0.25) is 0 Å². The Morgan fingerprint density at radius 3 is 2.58 bits per heavy atom. The number of nitrogens with two attached hydrogens (primary N) is 1. The highest BCUT2D eigenvalue weighted by Gasteiger charge is 2.08. The van der Waals surface area contributed by atoms with Crippen LogP contribution in [0.4, 0.5) is 17.2 Å². The fraction of sp³-hybridized carbons (Fsp3) is 0.176. The van der Waals surface area contributed by atoms with Crippen LogP contribution < -0.4 is 10.3 Å². The second-order valence-electron chi connectivity index (χ2n) is 5.43. The van der Waals surface area contributed by atoms with Gasteiger partial charge < -0.3 is 10.8 Å². The summed E-state index contributed by atoms with van der Waals surface area (Å²) in [6.45, 7) is 0.477. The molecule has 3 aromatic rings. The molecule has 1 aromatic carbocycles. The summed E-state index contributed by atoms with van der Waals surface area (Å²) in [6, 6.07) is 11.3. The van der Waals surface area contributed by atoms with Crippen molar-refractivity contribution in [3.05, 3.63) is 66.1 Å². The van der Waals surface area contributed by atoms with Gasteiger partial charge in [-0.1, -0.05) is 18.2 Å². The summed E-state index contributed by atoms with van der Waals surface area (Å²) < 4.78 is 3.65. The van der Waals surface area contributed by atoms with Gasteiger partial charge in [0.1, 0.15) is 18.6 Å². The number of azo groups is 1. The van der Waals surface area contributed by atoms with Crippen molar-refractivity contribution in [3.8, 4) is 0 Å². The Labute approximate surface area is 139 Å². The molecule has 0 aliphatic heterocycles. The molecule has 0 saturated carbocycles. The van der Waals surface area contributed by atoms with E-state index in [4.69, 9.17) is 5.73 Å². The number of nitrogens with zero attached hydrogens (tertiary/aromatic N) is 5. The Bertz CT molecular complexity index is 854. The normalized spacial score (nSPS) is 11.2. The molecule has 0 amide bonds. The van der Waals surface area contributed by atoms with E-state index in [1.165, 1.54) is 0 Å². The maximum absolute atomic E-state index is 9.31. The number of nitrogen functional groups attached to an aromatic ring is 1. The predicted octanol–water partition coefficient (Wildman–Crippen LogP) is 2.25. The van der Waals surface area contributed by atoms with Gasteiger partial charge in [0.2, 0.25) is 0 Å². The van der Waals surface area contributed by atoms with E-state index >= 15 is 0 Å². The van der Waals surface area contributed by atoms with Gasteiger partial charge in [-0.05, 0) is 11.6 Å². The number of hydrogen-bond donors (Lipinski definition) is 2. The molecule has 0 unspecified atom stereocenters. The first-order valence-electron chi connectivity index (χ1n) is 7.53. The SMILES string of the molecule is C[n+]1ccc(Cn2ncc(/N=N/c3ccccc3CO)c2N)cc1. The number of rotatable bonds is 5. The van der Waals surface area contributed by atoms with Gasteiger partial charge in [0.15, 0.2) is 12.4 Å². The lowest BCUT2D eigenvalue weighted by Crippen LogP contribution is -2.26. The van der Waals surface area contributed by atoms with Crippen LogP contribution in [-0.4, -0.2) is 14.9 Å². The first-order valence-corrected chi connectivity index (χ1v) is 7.53. The minimum absolute atomic E-state index is 0.0879. The number of aromatic nitrogens is 3. The van der Waals surface area contributed by atoms with E-state index in [1.54, 1.807) is 23.0 Å². The molecule has 0 spiro atoms. The monoisotopic (exact) mass is 323 g/mol. The van der Waals surface area contributed by atoms with E-state index in [0.717, 1.165) is 5.56 Å². The lowest BCUT2D eigenvalue weighted by molar-refractivity contribution is -0.671. The molecule has 7 heteroatoms. The standard InChI is InChI=1S/C17H19N6O/c1-22-8-6-13(7-9-22)11-23-17(18)16(10-19-23)21-20-15-5-3-2-4-14(15)12-24/h2-10,24H,11-12,18H2,1H3/q+1/b21-20+. The van der Waals surface area contributed by atoms with Gasteiger partial charge in [0.25, 0.3) is 0 Å². The fourth-order valence-electron chi connectivity index (χ4n) is 2.25. The van der Waals surface area contributed by atoms with Crippen molar-refractivity contribution in [1.29, 1.82) is 0 Å². The summed E-state index contributed by atoms with van der Waals surface area (Å²) in [6.07, 6.45) is 5.53. The van der Waals surface area contributed by atoms with Crippen molar-refractivity contribution in [1.82, 2.24) is 9.78 Å². The third kappa shape index (κ3) is 3.47. The second-order valence-corrected chi connectivity index (χ2v) is 5.43. The molecule has 24 heavy (non-hydrogen) atoms. The van der Waals surface area contributed by atoms with E-state index < -0.39 is 0 Å². The van der Waals surface area contributed by atoms with Crippen molar-refractivity contribution in [3.63, 3.8) is 0 Å². The van der Waals surface area contributed by atoms with Crippen LogP contribution in [0.3, 0.4) is 0 Å². The van der Waals surface area contributed by atoms with Gasteiger partial charge in [-0.25, -0.2) is 9.25 Å². The highest BCUT2D eigenvalue weighted by molar-refractivity contribution is 5.57. The highest BCUT2D eigenvalue weighted by atomic mass is 16.3. The molecule has 0 aliphatic carbocycles. The van der Waals surface area contributed by atoms with E-state index in [1.807, 2.05) is 48.3 Å². The third-order valence-corrected chi connectivity index (χ3v) is 3.67. The van der Waals surface area contributed by atoms with Crippen LogP contribution >= 0.6 is 0 Å². The third-order valence-electron chi connectivity index (χ3n) is 3.67. The molecule has 122 valence electrons. The zero-order chi connectivity index (χ0) is 16.9. The molecule has 0 atom stereocenters. The smallest absolute Gasteiger partial charge is 0.168 e. The fourth-order valence-corrected chi connectivity index (χ4v) is 2.25. The summed E-state index contributed by atoms with van der Waals surface area (Å²) in [7, 11) is 1.97. The summed E-state index contributed by atoms with van der Waals surface area (Å²) in [4.78, 5) is 0. The van der Waals surface area contributed by atoms with E-state index in [2.05, 4.69) is 15.3 Å². The predicted molar refractivity (Wildman–Crippen MR) is 89.9 cm³/mol. The van der Waals surface area contributed by atoms with Crippen LogP contribution in [0.15, 0.2) is 65.2 Å². The molecular formula is C17H19N6O+. The maximum atomic E-state index is 9.31. The maximum Gasteiger partial charge on any atom is 0.168 e. The van der Waals surface area contributed by atoms with Gasteiger partial charge in [0.05, 0.1) is 25.0 Å². The van der Waals surface area contributed by atoms with Crippen molar-refractivity contribution in [2.24, 2.45) is 17.3 Å². The van der Waals surface area contributed by atoms with Gasteiger partial charge in [-0.2, -0.15) is 5.10 Å². The number of aliphatic hydroxyl groups is 1. The molecule has 3 N–H and O–H groups in total. The summed E-state index contributed by atoms with van der Waals surface area (Å²) in [5.74, 6) is 0.452. The van der Waals surface area contributed by atoms with E-state index in [0.29, 0.717) is 29.3 Å². The summed E-state index contributed by atoms with van der Waals surface area (Å²) in [5, 5.41) is 21.9. The topological polar surface area (TPSA) is 92.7 Å². The second kappa shape index (κ2) is 7.01. The van der Waals surface area contributed by atoms with Crippen molar-refractivity contribution in [2.45, 2.75) is 13.2 Å². The molecule has 0 radical (unpaired) electrons. The Morgan fingerprint density at radius 1 is 1.12 bits per heavy atom. The number of aliphatic hydroxyl groups excluding tert-OH is 1. The molecular weight excluding hydrogens is 304 g/mol. The Balaban J connectivity index is 1.79. The van der Waals surface area contributed by atoms with Crippen LogP contribution in [0.25, 0.3) is 0 Å². The van der Waals surface area contributed by atoms with Crippen LogP contribution in [0.5, 0.6) is 0 Å². The van der Waals surface area contributed by atoms with Crippen molar-refractivity contribution < 1.29 is 9.67 Å². The molecule has 2 heterocycles. The Morgan fingerprint density at radius 2 is 1.83 bits per heavy atom. The van der Waals surface area contributed by atoms with Gasteiger partial charge >= 0.3 is 0 Å². The molecule has 2 aromatic heterocycles. The average Bonchev–Trinajstić information content (AvgIpc) is 2.95. The van der Waals surface area contributed by atoms with E-state index in [-0.39, 0.29) is 6.61 Å². The largest absolute Gasteiger partial charge is 0.392 e. The van der Waals surface area contributed by atoms with Crippen molar-refractivity contribution >= 4 is 17.2 Å². The van der Waals surface area contributed by atoms with Crippen LogP contribution in [0, 0.1) is 0 Å². The van der Waals surface area contributed by atoms with Crippen LogP contribution in [-0.2, 0) is 20.2 Å². The number of aryl methyl sites for hydroxylation is 1. The summed E-state index contributed by atoms with van der Waals surface area (Å²) >= 11 is 0. The first kappa shape index (κ1) is 15.8. The Hall–Kier alpha value is -3.06. The molecule has 0 saturated heterocycles. The minimum atomic E-state index is -0.0879. The number of anilines is 1. The quantitative estimate of drug-likeness (QED) is 0.557. The first-order chi connectivity index (χ1) is 11.7. The van der Waals surface area contributed by atoms with Crippen LogP contribution in [0.2, 0.25) is 0 Å². The molecule has 0 aliphatic rings.